The fraction of sp³-hybridized carbons (Fsp3) is 0. The Morgan fingerprint density at radius 2 is 1.76 bits per heavy atom. The van der Waals surface area contributed by atoms with Crippen molar-refractivity contribution in [2.75, 3.05) is 0 Å². The van der Waals surface area contributed by atoms with Gasteiger partial charge in [-0.15, -0.1) is 0 Å². The fourth-order valence-corrected chi connectivity index (χ4v) is 2.22. The van der Waals surface area contributed by atoms with Crippen molar-refractivity contribution in [1.29, 1.82) is 0 Å². The molecule has 0 saturated heterocycles. The number of carbonyl (C=O) groups excluding carboxylic acids is 1. The van der Waals surface area contributed by atoms with E-state index in [1.807, 2.05) is 0 Å². The van der Waals surface area contributed by atoms with Crippen LogP contribution in [0, 0.1) is 20.2 Å². The molecule has 3 rings (SSSR count). The molecule has 0 amide bonds. The Balaban J connectivity index is 2.00. The van der Waals surface area contributed by atoms with Gasteiger partial charge in [0.15, 0.2) is 5.70 Å². The van der Waals surface area contributed by atoms with Gasteiger partial charge >= 0.3 is 5.97 Å². The van der Waals surface area contributed by atoms with Gasteiger partial charge in [-0.1, -0.05) is 24.3 Å². The van der Waals surface area contributed by atoms with E-state index < -0.39 is 15.8 Å². The lowest BCUT2D eigenvalue weighted by Gasteiger charge is -2.00. The molecule has 9 heteroatoms. The van der Waals surface area contributed by atoms with Crippen molar-refractivity contribution in [2.45, 2.75) is 0 Å². The first kappa shape index (κ1) is 16.0. The van der Waals surface area contributed by atoms with E-state index in [0.717, 1.165) is 0 Å². The average molecular weight is 339 g/mol. The van der Waals surface area contributed by atoms with Crippen molar-refractivity contribution < 1.29 is 19.4 Å². The SMILES string of the molecule is O=C1OC(c2ccccc2[N+](=O)[O-])=N/C1=C\c1cccc([N+](=O)[O-])c1. The van der Waals surface area contributed by atoms with Gasteiger partial charge in [-0.05, 0) is 17.7 Å². The summed E-state index contributed by atoms with van der Waals surface area (Å²) in [6, 6.07) is 11.4. The second kappa shape index (κ2) is 6.32. The minimum atomic E-state index is -0.792. The number of benzene rings is 2. The van der Waals surface area contributed by atoms with Crippen molar-refractivity contribution in [3.63, 3.8) is 0 Å². The van der Waals surface area contributed by atoms with Crippen LogP contribution in [0.3, 0.4) is 0 Å². The van der Waals surface area contributed by atoms with Crippen LogP contribution in [0.5, 0.6) is 0 Å². The lowest BCUT2D eigenvalue weighted by Crippen LogP contribution is -2.07. The summed E-state index contributed by atoms with van der Waals surface area (Å²) in [4.78, 5) is 36.6. The van der Waals surface area contributed by atoms with Crippen LogP contribution in [0.15, 0.2) is 59.2 Å². The lowest BCUT2D eigenvalue weighted by atomic mass is 10.1. The highest BCUT2D eigenvalue weighted by Gasteiger charge is 2.29. The molecule has 1 aliphatic rings. The summed E-state index contributed by atoms with van der Waals surface area (Å²) in [5, 5.41) is 21.9. The van der Waals surface area contributed by atoms with Crippen molar-refractivity contribution in [1.82, 2.24) is 0 Å². The minimum absolute atomic E-state index is 0.0725. The first-order valence-corrected chi connectivity index (χ1v) is 6.96. The third-order valence-corrected chi connectivity index (χ3v) is 3.34. The average Bonchev–Trinajstić information content (AvgIpc) is 2.95. The number of rotatable bonds is 4. The van der Waals surface area contributed by atoms with Crippen molar-refractivity contribution >= 4 is 29.3 Å². The van der Waals surface area contributed by atoms with Crippen LogP contribution in [0.25, 0.3) is 6.08 Å². The van der Waals surface area contributed by atoms with Crippen LogP contribution in [0.4, 0.5) is 11.4 Å². The molecule has 1 aliphatic heterocycles. The lowest BCUT2D eigenvalue weighted by molar-refractivity contribution is -0.385. The summed E-state index contributed by atoms with van der Waals surface area (Å²) < 4.78 is 5.01. The van der Waals surface area contributed by atoms with Gasteiger partial charge in [-0.25, -0.2) is 9.79 Å². The van der Waals surface area contributed by atoms with Gasteiger partial charge in [-0.3, -0.25) is 20.2 Å². The summed E-state index contributed by atoms with van der Waals surface area (Å²) in [6.07, 6.45) is 1.32. The maximum atomic E-state index is 12.0. The Morgan fingerprint density at radius 1 is 1.00 bits per heavy atom. The summed E-state index contributed by atoms with van der Waals surface area (Å²) in [6.45, 7) is 0. The number of non-ortho nitro benzene ring substituents is 1. The second-order valence-electron chi connectivity index (χ2n) is 4.96. The van der Waals surface area contributed by atoms with Gasteiger partial charge in [0, 0.05) is 18.2 Å². The molecule has 25 heavy (non-hydrogen) atoms. The highest BCUT2D eigenvalue weighted by molar-refractivity contribution is 6.14. The molecule has 0 atom stereocenters. The zero-order valence-electron chi connectivity index (χ0n) is 12.5. The monoisotopic (exact) mass is 339 g/mol. The van der Waals surface area contributed by atoms with Crippen molar-refractivity contribution in [3.8, 4) is 0 Å². The number of hydrogen-bond acceptors (Lipinski definition) is 7. The number of cyclic esters (lactones) is 1. The Labute approximate surface area is 140 Å². The topological polar surface area (TPSA) is 125 Å². The number of ether oxygens (including phenoxy) is 1. The summed E-state index contributed by atoms with van der Waals surface area (Å²) >= 11 is 0. The number of carbonyl (C=O) groups is 1. The van der Waals surface area contributed by atoms with E-state index in [0.29, 0.717) is 5.56 Å². The van der Waals surface area contributed by atoms with Gasteiger partial charge in [-0.2, -0.15) is 0 Å². The van der Waals surface area contributed by atoms with Crippen LogP contribution in [-0.4, -0.2) is 21.7 Å². The number of nitro benzene ring substituents is 2. The molecular weight excluding hydrogens is 330 g/mol. The molecule has 0 aliphatic carbocycles. The van der Waals surface area contributed by atoms with Gasteiger partial charge < -0.3 is 4.74 Å². The number of para-hydroxylation sites is 1. The van der Waals surface area contributed by atoms with Crippen LogP contribution < -0.4 is 0 Å². The Morgan fingerprint density at radius 3 is 2.48 bits per heavy atom. The Hall–Kier alpha value is -3.88. The van der Waals surface area contributed by atoms with Gasteiger partial charge in [0.2, 0.25) is 5.90 Å². The number of nitrogens with zero attached hydrogens (tertiary/aromatic N) is 3. The maximum Gasteiger partial charge on any atom is 0.363 e. The maximum absolute atomic E-state index is 12.0. The van der Waals surface area contributed by atoms with E-state index in [2.05, 4.69) is 4.99 Å². The molecule has 9 nitrogen and oxygen atoms in total. The van der Waals surface area contributed by atoms with Crippen LogP contribution >= 0.6 is 0 Å². The molecule has 0 bridgehead atoms. The molecule has 124 valence electrons. The van der Waals surface area contributed by atoms with Crippen LogP contribution in [-0.2, 0) is 9.53 Å². The summed E-state index contributed by atoms with van der Waals surface area (Å²) in [5.74, 6) is -0.978. The largest absolute Gasteiger partial charge is 0.402 e. The standard InChI is InChI=1S/C16H9N3O6/c20-16-13(9-10-4-3-5-11(8-10)18(21)22)17-15(25-16)12-6-1-2-7-14(12)19(23)24/h1-9H/b13-9-. The highest BCUT2D eigenvalue weighted by atomic mass is 16.6. The number of hydrogen-bond donors (Lipinski definition) is 0. The zero-order valence-corrected chi connectivity index (χ0v) is 12.5. The molecular formula is C16H9N3O6. The van der Waals surface area contributed by atoms with Gasteiger partial charge in [0.1, 0.15) is 5.56 Å². The molecule has 0 radical (unpaired) electrons. The van der Waals surface area contributed by atoms with E-state index in [1.165, 1.54) is 42.5 Å². The van der Waals surface area contributed by atoms with Crippen LogP contribution in [0.1, 0.15) is 11.1 Å². The molecule has 0 saturated carbocycles. The Kier molecular flexibility index (Phi) is 4.04. The molecule has 0 fully saturated rings. The third-order valence-electron chi connectivity index (χ3n) is 3.34. The summed E-state index contributed by atoms with van der Waals surface area (Å²) in [7, 11) is 0. The number of esters is 1. The minimum Gasteiger partial charge on any atom is -0.402 e. The highest BCUT2D eigenvalue weighted by Crippen LogP contribution is 2.25. The quantitative estimate of drug-likeness (QED) is 0.365. The zero-order chi connectivity index (χ0) is 18.0. The normalized spacial score (nSPS) is 15.0. The molecule has 0 aromatic heterocycles. The molecule has 0 unspecified atom stereocenters. The van der Waals surface area contributed by atoms with E-state index >= 15 is 0 Å². The van der Waals surface area contributed by atoms with Crippen molar-refractivity contribution in [2.24, 2.45) is 4.99 Å². The number of aliphatic imine (C=N–C) groups is 1. The molecule has 0 spiro atoms. The Bertz CT molecular complexity index is 964. The van der Waals surface area contributed by atoms with Crippen molar-refractivity contribution in [3.05, 3.63) is 85.6 Å². The fourth-order valence-electron chi connectivity index (χ4n) is 2.22. The van der Waals surface area contributed by atoms with E-state index in [1.54, 1.807) is 12.1 Å². The second-order valence-corrected chi connectivity index (χ2v) is 4.96. The number of nitro groups is 2. The van der Waals surface area contributed by atoms with E-state index in [4.69, 9.17) is 4.74 Å². The third kappa shape index (κ3) is 3.24. The van der Waals surface area contributed by atoms with E-state index in [9.17, 15) is 25.0 Å². The predicted octanol–water partition coefficient (Wildman–Crippen LogP) is 2.85. The van der Waals surface area contributed by atoms with E-state index in [-0.39, 0.29) is 28.5 Å². The molecule has 1 heterocycles. The first-order chi connectivity index (χ1) is 12.0. The molecule has 2 aromatic carbocycles. The van der Waals surface area contributed by atoms with Crippen LogP contribution in [0.2, 0.25) is 0 Å². The first-order valence-electron chi connectivity index (χ1n) is 6.96. The van der Waals surface area contributed by atoms with Gasteiger partial charge in [0.05, 0.1) is 9.85 Å². The van der Waals surface area contributed by atoms with Gasteiger partial charge in [0.25, 0.3) is 11.4 Å². The smallest absolute Gasteiger partial charge is 0.363 e. The summed E-state index contributed by atoms with van der Waals surface area (Å²) in [5.41, 5.74) is -0.0279. The predicted molar refractivity (Wildman–Crippen MR) is 86.8 cm³/mol. The molecule has 2 aromatic rings. The molecule has 0 N–H and O–H groups in total.